The molecule has 3 N–H and O–H groups in total. The van der Waals surface area contributed by atoms with Crippen LogP contribution in [0.3, 0.4) is 0 Å². The summed E-state index contributed by atoms with van der Waals surface area (Å²) in [6.45, 7) is 2.77. The Bertz CT molecular complexity index is 405. The van der Waals surface area contributed by atoms with E-state index >= 15 is 0 Å². The highest BCUT2D eigenvalue weighted by atomic mass is 16.5. The molecule has 1 aliphatic heterocycles. The van der Waals surface area contributed by atoms with E-state index in [1.807, 2.05) is 6.07 Å². The average molecular weight is 224 g/mol. The summed E-state index contributed by atoms with van der Waals surface area (Å²) in [6.07, 6.45) is -0.511. The molecule has 1 unspecified atom stereocenters. The van der Waals surface area contributed by atoms with Crippen molar-refractivity contribution in [3.63, 3.8) is 0 Å². The molecule has 0 radical (unpaired) electrons. The molecule has 1 aliphatic rings. The first-order valence-corrected chi connectivity index (χ1v) is 5.45. The van der Waals surface area contributed by atoms with Gasteiger partial charge < -0.3 is 19.8 Å². The number of phenols is 1. The molecule has 1 heterocycles. The van der Waals surface area contributed by atoms with Crippen molar-refractivity contribution in [2.24, 2.45) is 0 Å². The molecule has 0 saturated heterocycles. The zero-order valence-electron chi connectivity index (χ0n) is 9.82. The van der Waals surface area contributed by atoms with Crippen LogP contribution in [0.2, 0.25) is 0 Å². The van der Waals surface area contributed by atoms with Crippen molar-refractivity contribution >= 4 is 0 Å². The van der Waals surface area contributed by atoms with Crippen LogP contribution in [0.25, 0.3) is 0 Å². The Morgan fingerprint density at radius 1 is 1.38 bits per heavy atom. The van der Waals surface area contributed by atoms with E-state index in [-0.39, 0.29) is 5.75 Å². The average Bonchev–Trinajstić information content (AvgIpc) is 2.25. The van der Waals surface area contributed by atoms with Crippen LogP contribution < -0.4 is 9.64 Å². The second-order valence-corrected chi connectivity index (χ2v) is 4.44. The molecule has 0 amide bonds. The second kappa shape index (κ2) is 3.96. The highest BCUT2D eigenvalue weighted by Gasteiger charge is 2.31. The van der Waals surface area contributed by atoms with E-state index in [0.717, 1.165) is 11.1 Å². The lowest BCUT2D eigenvalue weighted by Crippen LogP contribution is -3.10. The Balaban J connectivity index is 2.54. The first kappa shape index (κ1) is 11.2. The number of phenolic OH excluding ortho intramolecular Hbond substituents is 1. The van der Waals surface area contributed by atoms with Gasteiger partial charge in [-0.15, -0.1) is 0 Å². The summed E-state index contributed by atoms with van der Waals surface area (Å²) in [5, 5.41) is 19.7. The first-order valence-electron chi connectivity index (χ1n) is 5.45. The maximum atomic E-state index is 9.96. The molecule has 88 valence electrons. The molecule has 1 aromatic carbocycles. The summed E-state index contributed by atoms with van der Waals surface area (Å²) in [7, 11) is 3.58. The van der Waals surface area contributed by atoms with Crippen molar-refractivity contribution in [2.75, 3.05) is 20.7 Å². The second-order valence-electron chi connectivity index (χ2n) is 4.44. The lowest BCUT2D eigenvalue weighted by Gasteiger charge is -2.32. The maximum absolute atomic E-state index is 9.96. The van der Waals surface area contributed by atoms with E-state index in [9.17, 15) is 10.2 Å². The van der Waals surface area contributed by atoms with Gasteiger partial charge in [-0.2, -0.15) is 0 Å². The zero-order valence-corrected chi connectivity index (χ0v) is 9.82. The third-order valence-electron chi connectivity index (χ3n) is 3.46. The normalized spacial score (nSPS) is 28.6. The number of rotatable bonds is 1. The summed E-state index contributed by atoms with van der Waals surface area (Å²) in [5.74, 6) is 0.555. The smallest absolute Gasteiger partial charge is 0.161 e. The first-order chi connectivity index (χ1) is 7.54. The predicted molar refractivity (Wildman–Crippen MR) is 59.8 cm³/mol. The Kier molecular flexibility index (Phi) is 2.78. The molecule has 1 aromatic rings. The van der Waals surface area contributed by atoms with Gasteiger partial charge in [0.2, 0.25) is 0 Å². The predicted octanol–water partition coefficient (Wildman–Crippen LogP) is 0.0235. The van der Waals surface area contributed by atoms with Crippen molar-refractivity contribution in [3.05, 3.63) is 23.3 Å². The zero-order chi connectivity index (χ0) is 11.9. The Morgan fingerprint density at radius 3 is 2.69 bits per heavy atom. The molecule has 16 heavy (non-hydrogen) atoms. The van der Waals surface area contributed by atoms with Crippen molar-refractivity contribution in [1.82, 2.24) is 0 Å². The van der Waals surface area contributed by atoms with Gasteiger partial charge in [0, 0.05) is 5.56 Å². The molecule has 4 nitrogen and oxygen atoms in total. The number of nitrogens with one attached hydrogen (secondary N) is 1. The number of ether oxygens (including phenoxy) is 1. The number of fused-ring (bicyclic) bond motifs is 1. The number of hydrogen-bond acceptors (Lipinski definition) is 3. The SMILES string of the molecule is COc1cc2c(cc1O)[C@H](O)C[NH+](C)[C@@H]2C. The van der Waals surface area contributed by atoms with E-state index in [1.54, 1.807) is 6.07 Å². The quantitative estimate of drug-likeness (QED) is 0.630. The summed E-state index contributed by atoms with van der Waals surface area (Å²) >= 11 is 0. The summed E-state index contributed by atoms with van der Waals surface area (Å²) in [6, 6.07) is 3.73. The van der Waals surface area contributed by atoms with Crippen LogP contribution in [0.4, 0.5) is 0 Å². The van der Waals surface area contributed by atoms with Gasteiger partial charge in [0.1, 0.15) is 18.7 Å². The van der Waals surface area contributed by atoms with E-state index in [0.29, 0.717) is 18.3 Å². The van der Waals surface area contributed by atoms with Gasteiger partial charge in [-0.05, 0) is 24.6 Å². The van der Waals surface area contributed by atoms with Crippen molar-refractivity contribution in [3.8, 4) is 11.5 Å². The third-order valence-corrected chi connectivity index (χ3v) is 3.46. The summed E-state index contributed by atoms with van der Waals surface area (Å²) < 4.78 is 5.09. The number of aromatic hydroxyl groups is 1. The fourth-order valence-corrected chi connectivity index (χ4v) is 2.28. The summed E-state index contributed by atoms with van der Waals surface area (Å²) in [4.78, 5) is 1.26. The van der Waals surface area contributed by atoms with E-state index in [1.165, 1.54) is 12.0 Å². The van der Waals surface area contributed by atoms with E-state index in [4.69, 9.17) is 4.74 Å². The van der Waals surface area contributed by atoms with Gasteiger partial charge in [-0.25, -0.2) is 0 Å². The van der Waals surface area contributed by atoms with Crippen LogP contribution in [-0.4, -0.2) is 30.9 Å². The van der Waals surface area contributed by atoms with Crippen molar-refractivity contribution < 1.29 is 19.8 Å². The van der Waals surface area contributed by atoms with Gasteiger partial charge in [-0.1, -0.05) is 0 Å². The Labute approximate surface area is 95.1 Å². The minimum absolute atomic E-state index is 0.0899. The summed E-state index contributed by atoms with van der Waals surface area (Å²) in [5.41, 5.74) is 1.86. The minimum atomic E-state index is -0.511. The number of aliphatic hydroxyl groups is 1. The lowest BCUT2D eigenvalue weighted by atomic mass is 9.91. The van der Waals surface area contributed by atoms with Crippen molar-refractivity contribution in [1.29, 1.82) is 0 Å². The Hall–Kier alpha value is -1.26. The van der Waals surface area contributed by atoms with Crippen LogP contribution in [0, 0.1) is 0 Å². The molecule has 0 saturated carbocycles. The maximum Gasteiger partial charge on any atom is 0.161 e. The standard InChI is InChI=1S/C12H17NO3/c1-7-8-5-12(16-3)10(14)4-9(8)11(15)6-13(7)2/h4-5,7,11,14-15H,6H2,1-3H3/p+1/t7-,11-/m1/s1. The van der Waals surface area contributed by atoms with Gasteiger partial charge in [0.25, 0.3) is 0 Å². The minimum Gasteiger partial charge on any atom is -0.504 e. The molecule has 0 aromatic heterocycles. The fraction of sp³-hybridized carbons (Fsp3) is 0.500. The largest absolute Gasteiger partial charge is 0.504 e. The molecule has 0 bridgehead atoms. The van der Waals surface area contributed by atoms with Crippen LogP contribution in [0.15, 0.2) is 12.1 Å². The van der Waals surface area contributed by atoms with E-state index in [2.05, 4.69) is 14.0 Å². The molecule has 0 spiro atoms. The molecule has 0 aliphatic carbocycles. The lowest BCUT2D eigenvalue weighted by molar-refractivity contribution is -0.916. The van der Waals surface area contributed by atoms with Crippen LogP contribution >= 0.6 is 0 Å². The van der Waals surface area contributed by atoms with Gasteiger partial charge >= 0.3 is 0 Å². The molecule has 3 atom stereocenters. The van der Waals surface area contributed by atoms with Crippen LogP contribution in [0.1, 0.15) is 30.2 Å². The number of aliphatic hydroxyl groups excluding tert-OH is 1. The number of methoxy groups -OCH3 is 1. The highest BCUT2D eigenvalue weighted by molar-refractivity contribution is 5.48. The molecule has 2 rings (SSSR count). The number of benzene rings is 1. The molecule has 4 heteroatoms. The topological polar surface area (TPSA) is 54.1 Å². The molecule has 0 fully saturated rings. The monoisotopic (exact) mass is 224 g/mol. The van der Waals surface area contributed by atoms with Crippen molar-refractivity contribution in [2.45, 2.75) is 19.1 Å². The fourth-order valence-electron chi connectivity index (χ4n) is 2.28. The van der Waals surface area contributed by atoms with Gasteiger partial charge in [0.05, 0.1) is 14.2 Å². The van der Waals surface area contributed by atoms with Gasteiger partial charge in [0.15, 0.2) is 11.5 Å². The van der Waals surface area contributed by atoms with Crippen LogP contribution in [-0.2, 0) is 0 Å². The third kappa shape index (κ3) is 1.64. The van der Waals surface area contributed by atoms with Crippen LogP contribution in [0.5, 0.6) is 11.5 Å². The molecular weight excluding hydrogens is 206 g/mol. The molecular formula is C12H18NO3+. The number of hydrogen-bond donors (Lipinski definition) is 3. The number of quaternary nitrogens is 1. The highest BCUT2D eigenvalue weighted by Crippen LogP contribution is 2.35. The Morgan fingerprint density at radius 2 is 2.06 bits per heavy atom. The van der Waals surface area contributed by atoms with Gasteiger partial charge in [-0.3, -0.25) is 0 Å². The number of likely N-dealkylation sites (N-methyl/N-ethyl adjacent to an activating group) is 1. The van der Waals surface area contributed by atoms with E-state index < -0.39 is 6.10 Å².